The van der Waals surface area contributed by atoms with Crippen LogP contribution in [-0.2, 0) is 19.4 Å². The number of allylic oxidation sites excluding steroid dienone is 1. The molecule has 3 aliphatic rings. The molecule has 0 aromatic heterocycles. The number of carbonyl (C=O) groups is 1. The van der Waals surface area contributed by atoms with E-state index in [1.165, 1.54) is 12.0 Å². The first-order chi connectivity index (χ1) is 11.0. The van der Waals surface area contributed by atoms with Gasteiger partial charge in [-0.15, -0.1) is 0 Å². The first-order valence-electron chi connectivity index (χ1n) is 8.83. The largest absolute Gasteiger partial charge is 0.376 e. The van der Waals surface area contributed by atoms with E-state index in [1.54, 1.807) is 0 Å². The predicted octanol–water partition coefficient (Wildman–Crippen LogP) is 2.07. The average Bonchev–Trinajstić information content (AvgIpc) is 3.15. The zero-order chi connectivity index (χ0) is 16.3. The molecule has 0 aromatic carbocycles. The summed E-state index contributed by atoms with van der Waals surface area (Å²) in [5.41, 5.74) is 1.22. The number of rotatable bonds is 5. The van der Waals surface area contributed by atoms with E-state index in [2.05, 4.69) is 6.08 Å². The second-order valence-electron chi connectivity index (χ2n) is 7.02. The van der Waals surface area contributed by atoms with Gasteiger partial charge >= 0.3 is 0 Å². The highest BCUT2D eigenvalue weighted by Crippen LogP contribution is 2.25. The van der Waals surface area contributed by atoms with Crippen LogP contribution in [0.25, 0.3) is 0 Å². The van der Waals surface area contributed by atoms with Gasteiger partial charge in [0.15, 0.2) is 9.84 Å². The van der Waals surface area contributed by atoms with Crippen molar-refractivity contribution >= 4 is 15.7 Å². The van der Waals surface area contributed by atoms with E-state index in [0.717, 1.165) is 38.7 Å². The standard InChI is InChI=1S/C17H27NO4S/c19-17(11-14-5-2-1-3-6-14)18(12-16-7-4-9-22-16)15-8-10-23(20,21)13-15/h5,15-16H,1-4,6-13H2. The molecule has 6 heteroatoms. The Labute approximate surface area is 139 Å². The van der Waals surface area contributed by atoms with Crippen LogP contribution in [0.15, 0.2) is 11.6 Å². The fourth-order valence-corrected chi connectivity index (χ4v) is 5.58. The molecule has 2 atom stereocenters. The van der Waals surface area contributed by atoms with Crippen molar-refractivity contribution < 1.29 is 17.9 Å². The first-order valence-corrected chi connectivity index (χ1v) is 10.6. The van der Waals surface area contributed by atoms with E-state index in [-0.39, 0.29) is 29.6 Å². The highest BCUT2D eigenvalue weighted by molar-refractivity contribution is 7.91. The molecule has 2 unspecified atom stereocenters. The van der Waals surface area contributed by atoms with E-state index in [4.69, 9.17) is 4.74 Å². The lowest BCUT2D eigenvalue weighted by Gasteiger charge is -2.31. The lowest BCUT2D eigenvalue weighted by Crippen LogP contribution is -2.45. The minimum absolute atomic E-state index is 0.0718. The van der Waals surface area contributed by atoms with Gasteiger partial charge in [0.1, 0.15) is 0 Å². The predicted molar refractivity (Wildman–Crippen MR) is 88.9 cm³/mol. The van der Waals surface area contributed by atoms with Crippen LogP contribution in [0.2, 0.25) is 0 Å². The third-order valence-corrected chi connectivity index (χ3v) is 6.91. The average molecular weight is 341 g/mol. The van der Waals surface area contributed by atoms with Gasteiger partial charge in [-0.25, -0.2) is 8.42 Å². The maximum Gasteiger partial charge on any atom is 0.227 e. The molecule has 2 fully saturated rings. The molecular weight excluding hydrogens is 314 g/mol. The molecule has 0 saturated carbocycles. The SMILES string of the molecule is O=C(CC1=CCCCC1)N(CC1CCCO1)C1CCS(=O)(=O)C1. The number of amides is 1. The summed E-state index contributed by atoms with van der Waals surface area (Å²) in [6.07, 6.45) is 9.70. The zero-order valence-electron chi connectivity index (χ0n) is 13.7. The van der Waals surface area contributed by atoms with Gasteiger partial charge in [-0.3, -0.25) is 4.79 Å². The Morgan fingerprint density at radius 1 is 1.26 bits per heavy atom. The molecule has 23 heavy (non-hydrogen) atoms. The smallest absolute Gasteiger partial charge is 0.227 e. The summed E-state index contributed by atoms with van der Waals surface area (Å²) in [6.45, 7) is 1.30. The van der Waals surface area contributed by atoms with Gasteiger partial charge < -0.3 is 9.64 Å². The maximum atomic E-state index is 12.8. The number of carbonyl (C=O) groups excluding carboxylic acids is 1. The van der Waals surface area contributed by atoms with Gasteiger partial charge in [-0.05, 0) is 44.9 Å². The van der Waals surface area contributed by atoms with Crippen molar-refractivity contribution in [3.05, 3.63) is 11.6 Å². The highest BCUT2D eigenvalue weighted by Gasteiger charge is 2.36. The van der Waals surface area contributed by atoms with Crippen molar-refractivity contribution in [1.82, 2.24) is 4.90 Å². The van der Waals surface area contributed by atoms with E-state index >= 15 is 0 Å². The Kier molecular flexibility index (Phi) is 5.42. The lowest BCUT2D eigenvalue weighted by molar-refractivity contribution is -0.134. The van der Waals surface area contributed by atoms with Crippen molar-refractivity contribution in [2.24, 2.45) is 0 Å². The van der Waals surface area contributed by atoms with Crippen LogP contribution in [-0.4, -0.2) is 56.0 Å². The van der Waals surface area contributed by atoms with Crippen LogP contribution < -0.4 is 0 Å². The van der Waals surface area contributed by atoms with Gasteiger partial charge in [-0.2, -0.15) is 0 Å². The molecule has 0 radical (unpaired) electrons. The molecule has 0 bridgehead atoms. The molecule has 130 valence electrons. The van der Waals surface area contributed by atoms with Crippen LogP contribution in [0.3, 0.4) is 0 Å². The topological polar surface area (TPSA) is 63.7 Å². The van der Waals surface area contributed by atoms with Crippen LogP contribution in [0.1, 0.15) is 51.4 Å². The number of nitrogens with zero attached hydrogens (tertiary/aromatic N) is 1. The fourth-order valence-electron chi connectivity index (χ4n) is 3.84. The summed E-state index contributed by atoms with van der Waals surface area (Å²) in [7, 11) is -2.99. The summed E-state index contributed by atoms with van der Waals surface area (Å²) in [6, 6.07) is -0.166. The zero-order valence-corrected chi connectivity index (χ0v) is 14.5. The van der Waals surface area contributed by atoms with E-state index in [1.807, 2.05) is 4.90 Å². The number of sulfone groups is 1. The van der Waals surface area contributed by atoms with Gasteiger partial charge in [0.2, 0.25) is 5.91 Å². The van der Waals surface area contributed by atoms with Crippen LogP contribution in [0, 0.1) is 0 Å². The summed E-state index contributed by atoms with van der Waals surface area (Å²) in [5.74, 6) is 0.399. The molecule has 2 saturated heterocycles. The summed E-state index contributed by atoms with van der Waals surface area (Å²) in [5, 5.41) is 0. The Morgan fingerprint density at radius 2 is 2.13 bits per heavy atom. The van der Waals surface area contributed by atoms with Crippen molar-refractivity contribution in [1.29, 1.82) is 0 Å². The molecule has 1 amide bonds. The van der Waals surface area contributed by atoms with Crippen LogP contribution in [0.4, 0.5) is 0 Å². The summed E-state index contributed by atoms with van der Waals surface area (Å²) < 4.78 is 29.3. The van der Waals surface area contributed by atoms with Gasteiger partial charge in [0, 0.05) is 25.6 Å². The quantitative estimate of drug-likeness (QED) is 0.718. The molecule has 5 nitrogen and oxygen atoms in total. The highest BCUT2D eigenvalue weighted by atomic mass is 32.2. The fraction of sp³-hybridized carbons (Fsp3) is 0.824. The third-order valence-electron chi connectivity index (χ3n) is 5.16. The van der Waals surface area contributed by atoms with Crippen molar-refractivity contribution in [3.63, 3.8) is 0 Å². The van der Waals surface area contributed by atoms with Crippen LogP contribution >= 0.6 is 0 Å². The Balaban J connectivity index is 1.68. The maximum absolute atomic E-state index is 12.8. The molecule has 0 spiro atoms. The van der Waals surface area contributed by atoms with Crippen molar-refractivity contribution in [3.8, 4) is 0 Å². The molecule has 0 aromatic rings. The molecule has 1 aliphatic carbocycles. The first kappa shape index (κ1) is 17.0. The Hall–Kier alpha value is -0.880. The van der Waals surface area contributed by atoms with Gasteiger partial charge in [0.05, 0.1) is 17.6 Å². The minimum atomic E-state index is -2.99. The number of hydrogen-bond acceptors (Lipinski definition) is 4. The Morgan fingerprint density at radius 3 is 2.74 bits per heavy atom. The lowest BCUT2D eigenvalue weighted by atomic mass is 9.96. The Bertz CT molecular complexity index is 563. The molecule has 0 N–H and O–H groups in total. The molecule has 2 aliphatic heterocycles. The van der Waals surface area contributed by atoms with E-state index in [9.17, 15) is 13.2 Å². The molecular formula is C17H27NO4S. The summed E-state index contributed by atoms with van der Waals surface area (Å²) >= 11 is 0. The monoisotopic (exact) mass is 341 g/mol. The van der Waals surface area contributed by atoms with Crippen molar-refractivity contribution in [2.75, 3.05) is 24.7 Å². The number of hydrogen-bond donors (Lipinski definition) is 0. The van der Waals surface area contributed by atoms with E-state index in [0.29, 0.717) is 19.4 Å². The minimum Gasteiger partial charge on any atom is -0.376 e. The molecule has 3 rings (SSSR count). The third kappa shape index (κ3) is 4.57. The van der Waals surface area contributed by atoms with Crippen molar-refractivity contribution in [2.45, 2.75) is 63.5 Å². The second-order valence-corrected chi connectivity index (χ2v) is 9.25. The number of ether oxygens (including phenoxy) is 1. The molecule has 2 heterocycles. The van der Waals surface area contributed by atoms with E-state index < -0.39 is 9.84 Å². The summed E-state index contributed by atoms with van der Waals surface area (Å²) in [4.78, 5) is 14.6. The van der Waals surface area contributed by atoms with Crippen LogP contribution in [0.5, 0.6) is 0 Å². The van der Waals surface area contributed by atoms with Gasteiger partial charge in [-0.1, -0.05) is 11.6 Å². The van der Waals surface area contributed by atoms with Gasteiger partial charge in [0.25, 0.3) is 0 Å². The normalized spacial score (nSPS) is 30.2. The second kappa shape index (κ2) is 7.34.